The number of hydrogen-bond donors (Lipinski definition) is 2. The lowest BCUT2D eigenvalue weighted by Gasteiger charge is -2.07. The number of carboxylic acids is 2. The molecule has 4 nitrogen and oxygen atoms in total. The molecule has 0 spiro atoms. The van der Waals surface area contributed by atoms with E-state index >= 15 is 0 Å². The molecule has 0 rings (SSSR count). The van der Waals surface area contributed by atoms with Crippen molar-refractivity contribution in [3.05, 3.63) is 0 Å². The third-order valence-corrected chi connectivity index (χ3v) is 3.82. The van der Waals surface area contributed by atoms with Gasteiger partial charge < -0.3 is 10.2 Å². The molecule has 2 atom stereocenters. The zero-order valence-corrected chi connectivity index (χ0v) is 9.02. The van der Waals surface area contributed by atoms with Crippen LogP contribution in [0.1, 0.15) is 13.8 Å². The molecule has 0 aromatic carbocycles. The molecule has 0 aliphatic heterocycles. The van der Waals surface area contributed by atoms with Crippen molar-refractivity contribution in [1.29, 1.82) is 0 Å². The molecule has 0 amide bonds. The first-order valence-corrected chi connectivity index (χ1v) is 5.73. The van der Waals surface area contributed by atoms with Gasteiger partial charge in [0.05, 0.1) is 0 Å². The molecule has 0 unspecified atom stereocenters. The Morgan fingerprint density at radius 3 is 1.62 bits per heavy atom. The minimum Gasteiger partial charge on any atom is -0.480 e. The van der Waals surface area contributed by atoms with Crippen molar-refractivity contribution < 1.29 is 19.8 Å². The summed E-state index contributed by atoms with van der Waals surface area (Å²) >= 11 is 2.46. The molecule has 76 valence electrons. The fourth-order valence-electron chi connectivity index (χ4n) is 0.386. The Hall–Kier alpha value is -0.360. The smallest absolute Gasteiger partial charge is 0.316 e. The number of carboxylic acid groups (broad SMARTS) is 2. The van der Waals surface area contributed by atoms with E-state index in [2.05, 4.69) is 0 Å². The molecule has 0 aliphatic rings. The normalized spacial score (nSPS) is 14.9. The lowest BCUT2D eigenvalue weighted by atomic mass is 10.5. The topological polar surface area (TPSA) is 74.6 Å². The predicted octanol–water partition coefficient (Wildman–Crippen LogP) is 1.36. The van der Waals surface area contributed by atoms with Crippen LogP contribution in [0.15, 0.2) is 0 Å². The van der Waals surface area contributed by atoms with Gasteiger partial charge in [-0.1, -0.05) is 0 Å². The lowest BCUT2D eigenvalue weighted by molar-refractivity contribution is -0.137. The van der Waals surface area contributed by atoms with Crippen LogP contribution in [-0.2, 0) is 9.59 Å². The lowest BCUT2D eigenvalue weighted by Crippen LogP contribution is -2.14. The number of thioether (sulfide) groups is 2. The third kappa shape index (κ3) is 5.81. The van der Waals surface area contributed by atoms with Gasteiger partial charge in [0.1, 0.15) is 10.5 Å². The van der Waals surface area contributed by atoms with E-state index in [0.717, 1.165) is 0 Å². The van der Waals surface area contributed by atoms with Gasteiger partial charge in [-0.25, -0.2) is 0 Å². The van der Waals surface area contributed by atoms with Crippen LogP contribution in [0.4, 0.5) is 0 Å². The molecule has 0 aliphatic carbocycles. The van der Waals surface area contributed by atoms with Crippen LogP contribution in [0, 0.1) is 0 Å². The minimum atomic E-state index is -0.867. The van der Waals surface area contributed by atoms with E-state index < -0.39 is 22.4 Å². The van der Waals surface area contributed by atoms with Crippen molar-refractivity contribution in [3.63, 3.8) is 0 Å². The largest absolute Gasteiger partial charge is 0.480 e. The summed E-state index contributed by atoms with van der Waals surface area (Å²) in [7, 11) is 0. The van der Waals surface area contributed by atoms with Gasteiger partial charge >= 0.3 is 11.9 Å². The molecule has 0 aromatic rings. The maximum atomic E-state index is 10.4. The van der Waals surface area contributed by atoms with Gasteiger partial charge in [0.15, 0.2) is 0 Å². The molecule has 0 radical (unpaired) electrons. The number of aliphatic carboxylic acids is 2. The van der Waals surface area contributed by atoms with Gasteiger partial charge in [0.25, 0.3) is 0 Å². The zero-order chi connectivity index (χ0) is 10.4. The van der Waals surface area contributed by atoms with E-state index in [1.165, 1.54) is 23.5 Å². The van der Waals surface area contributed by atoms with Crippen molar-refractivity contribution in [3.8, 4) is 0 Å². The second-order valence-corrected chi connectivity index (χ2v) is 5.44. The van der Waals surface area contributed by atoms with Crippen LogP contribution in [-0.4, -0.2) is 37.7 Å². The van der Waals surface area contributed by atoms with Gasteiger partial charge in [-0.3, -0.25) is 9.59 Å². The molecule has 2 N–H and O–H groups in total. The molecule has 0 aromatic heterocycles. The van der Waals surface area contributed by atoms with Gasteiger partial charge in [0.2, 0.25) is 0 Å². The van der Waals surface area contributed by atoms with Crippen LogP contribution < -0.4 is 0 Å². The van der Waals surface area contributed by atoms with Crippen molar-refractivity contribution in [2.45, 2.75) is 24.3 Å². The van der Waals surface area contributed by atoms with Crippen LogP contribution in [0.3, 0.4) is 0 Å². The first-order chi connectivity index (χ1) is 5.95. The molecule has 0 fully saturated rings. The van der Waals surface area contributed by atoms with Crippen molar-refractivity contribution >= 4 is 35.5 Å². The fraction of sp³-hybridized carbons (Fsp3) is 0.714. The van der Waals surface area contributed by atoms with Crippen LogP contribution >= 0.6 is 23.5 Å². The van der Waals surface area contributed by atoms with E-state index in [-0.39, 0.29) is 0 Å². The van der Waals surface area contributed by atoms with Crippen molar-refractivity contribution in [2.75, 3.05) is 5.08 Å². The first-order valence-electron chi connectivity index (χ1n) is 3.64. The highest BCUT2D eigenvalue weighted by atomic mass is 32.2. The Labute approximate surface area is 85.1 Å². The zero-order valence-electron chi connectivity index (χ0n) is 7.39. The second kappa shape index (κ2) is 6.15. The summed E-state index contributed by atoms with van der Waals surface area (Å²) in [4.78, 5) is 20.7. The predicted molar refractivity (Wildman–Crippen MR) is 54.2 cm³/mol. The number of carbonyl (C=O) groups is 2. The van der Waals surface area contributed by atoms with Crippen molar-refractivity contribution in [1.82, 2.24) is 0 Å². The average molecular weight is 224 g/mol. The summed E-state index contributed by atoms with van der Waals surface area (Å²) in [5.41, 5.74) is 0. The summed E-state index contributed by atoms with van der Waals surface area (Å²) in [6, 6.07) is 0. The summed E-state index contributed by atoms with van der Waals surface area (Å²) in [5.74, 6) is -1.73. The third-order valence-electron chi connectivity index (χ3n) is 1.33. The Morgan fingerprint density at radius 1 is 1.08 bits per heavy atom. The number of hydrogen-bond acceptors (Lipinski definition) is 4. The minimum absolute atomic E-state index is 0.478. The Morgan fingerprint density at radius 2 is 1.38 bits per heavy atom. The highest BCUT2D eigenvalue weighted by Crippen LogP contribution is 2.21. The maximum absolute atomic E-state index is 10.4. The van der Waals surface area contributed by atoms with Crippen molar-refractivity contribution in [2.24, 2.45) is 0 Å². The monoisotopic (exact) mass is 224 g/mol. The maximum Gasteiger partial charge on any atom is 0.316 e. The number of rotatable bonds is 6. The fourth-order valence-corrected chi connectivity index (χ4v) is 2.62. The van der Waals surface area contributed by atoms with E-state index in [4.69, 9.17) is 10.2 Å². The van der Waals surface area contributed by atoms with Crippen LogP contribution in [0.5, 0.6) is 0 Å². The van der Waals surface area contributed by atoms with E-state index in [9.17, 15) is 9.59 Å². The molecular weight excluding hydrogens is 212 g/mol. The first kappa shape index (κ1) is 12.6. The van der Waals surface area contributed by atoms with Gasteiger partial charge in [-0.2, -0.15) is 0 Å². The van der Waals surface area contributed by atoms with E-state index in [1.807, 2.05) is 0 Å². The van der Waals surface area contributed by atoms with Gasteiger partial charge in [-0.05, 0) is 13.8 Å². The Kier molecular flexibility index (Phi) is 5.98. The second-order valence-electron chi connectivity index (χ2n) is 2.41. The van der Waals surface area contributed by atoms with E-state index in [0.29, 0.717) is 5.08 Å². The van der Waals surface area contributed by atoms with Gasteiger partial charge in [-0.15, -0.1) is 23.5 Å². The molecule has 0 heterocycles. The van der Waals surface area contributed by atoms with Gasteiger partial charge in [0, 0.05) is 5.08 Å². The molecular formula is C7H12O4S2. The highest BCUT2D eigenvalue weighted by molar-refractivity contribution is 8.17. The molecule has 6 heteroatoms. The highest BCUT2D eigenvalue weighted by Gasteiger charge is 2.14. The van der Waals surface area contributed by atoms with Crippen LogP contribution in [0.25, 0.3) is 0 Å². The standard InChI is InChI=1S/C7H12O4S2/c1-4(6(8)9)12-3-13-5(2)7(10)11/h4-5H,3H2,1-2H3,(H,8,9)(H,10,11)/t4-,5-/m1/s1. The summed E-state index contributed by atoms with van der Waals surface area (Å²) in [6.45, 7) is 3.16. The summed E-state index contributed by atoms with van der Waals surface area (Å²) in [6.07, 6.45) is 0. The Bertz CT molecular complexity index is 175. The quantitative estimate of drug-likeness (QED) is 0.663. The van der Waals surface area contributed by atoms with Crippen LogP contribution in [0.2, 0.25) is 0 Å². The van der Waals surface area contributed by atoms with E-state index in [1.54, 1.807) is 13.8 Å². The molecule has 0 saturated heterocycles. The molecule has 0 bridgehead atoms. The Balaban J connectivity index is 3.56. The molecule has 13 heavy (non-hydrogen) atoms. The average Bonchev–Trinajstić information content (AvgIpc) is 2.03. The summed E-state index contributed by atoms with van der Waals surface area (Å²) in [5, 5.41) is 16.6. The SMILES string of the molecule is C[C@@H](SCS[C@H](C)C(=O)O)C(=O)O. The molecule has 0 saturated carbocycles. The summed E-state index contributed by atoms with van der Waals surface area (Å²) < 4.78 is 0.